The van der Waals surface area contributed by atoms with Crippen LogP contribution in [0.1, 0.15) is 205 Å². The fraction of sp³-hybridized carbons (Fsp3) is 0.842. The van der Waals surface area contributed by atoms with Gasteiger partial charge < -0.3 is 0 Å². The molecule has 0 bridgehead atoms. The van der Waals surface area contributed by atoms with Crippen LogP contribution >= 0.6 is 0 Å². The van der Waals surface area contributed by atoms with Gasteiger partial charge in [-0.15, -0.1) is 0 Å². The molecule has 0 heterocycles. The molecule has 0 N–H and O–H groups in total. The fourth-order valence-electron chi connectivity index (χ4n) is 6.08. The quantitative estimate of drug-likeness (QED) is 0.0987. The minimum absolute atomic E-state index is 0.155. The SMILES string of the molecule is CCCCCCCCCCCCc1cc(C(C)(C)CCCCC)cc(CCCCCCCCCCCC)c1[O]. The standard InChI is InChI=1S/C38H69O/c1-6-9-12-14-16-18-20-22-24-26-29-34-32-36(38(4,5)31-28-11-8-3)33-35(37(34)39)30-27-25-23-21-19-17-15-13-10-7-2/h32-33H,6-31H2,1-5H3. The van der Waals surface area contributed by atoms with Crippen LogP contribution in [0.3, 0.4) is 0 Å². The Labute approximate surface area is 246 Å². The van der Waals surface area contributed by atoms with Gasteiger partial charge in [-0.2, -0.15) is 0 Å². The number of benzene rings is 1. The predicted octanol–water partition coefficient (Wildman–Crippen LogP) is 13.6. The van der Waals surface area contributed by atoms with Crippen LogP contribution in [0.5, 0.6) is 5.75 Å². The highest BCUT2D eigenvalue weighted by molar-refractivity contribution is 5.46. The van der Waals surface area contributed by atoms with Gasteiger partial charge in [0.2, 0.25) is 0 Å². The van der Waals surface area contributed by atoms with Gasteiger partial charge in [0, 0.05) is 11.1 Å². The summed E-state index contributed by atoms with van der Waals surface area (Å²) in [6.45, 7) is 11.7. The Morgan fingerprint density at radius 3 is 1.13 bits per heavy atom. The highest BCUT2D eigenvalue weighted by atomic mass is 16.3. The maximum absolute atomic E-state index is 13.5. The Morgan fingerprint density at radius 1 is 0.462 bits per heavy atom. The third-order valence-corrected chi connectivity index (χ3v) is 9.03. The van der Waals surface area contributed by atoms with Gasteiger partial charge in [0.25, 0.3) is 0 Å². The molecule has 0 amide bonds. The van der Waals surface area contributed by atoms with E-state index in [0.717, 1.165) is 24.0 Å². The van der Waals surface area contributed by atoms with Gasteiger partial charge in [-0.05, 0) is 43.1 Å². The molecule has 0 unspecified atom stereocenters. The molecule has 0 aliphatic heterocycles. The van der Waals surface area contributed by atoms with E-state index < -0.39 is 0 Å². The number of unbranched alkanes of at least 4 members (excludes halogenated alkanes) is 20. The van der Waals surface area contributed by atoms with Crippen molar-refractivity contribution in [1.29, 1.82) is 0 Å². The largest absolute Gasteiger partial charge is 0.289 e. The molecule has 1 aromatic carbocycles. The van der Waals surface area contributed by atoms with Gasteiger partial charge in [0.1, 0.15) is 0 Å². The zero-order valence-corrected chi connectivity index (χ0v) is 27.4. The molecule has 0 aromatic heterocycles. The van der Waals surface area contributed by atoms with Crippen molar-refractivity contribution in [2.75, 3.05) is 0 Å². The molecule has 0 fully saturated rings. The second kappa shape index (κ2) is 23.7. The smallest absolute Gasteiger partial charge is 0.185 e. The van der Waals surface area contributed by atoms with Crippen molar-refractivity contribution in [3.8, 4) is 5.75 Å². The molecule has 227 valence electrons. The Kier molecular flexibility index (Phi) is 21.9. The summed E-state index contributed by atoms with van der Waals surface area (Å²) < 4.78 is 0. The van der Waals surface area contributed by atoms with Crippen molar-refractivity contribution < 1.29 is 5.11 Å². The lowest BCUT2D eigenvalue weighted by Gasteiger charge is -2.27. The molecule has 1 rings (SSSR count). The molecule has 0 aliphatic rings. The van der Waals surface area contributed by atoms with E-state index in [1.165, 1.54) is 160 Å². The van der Waals surface area contributed by atoms with Crippen molar-refractivity contribution in [1.82, 2.24) is 0 Å². The first-order valence-electron chi connectivity index (χ1n) is 17.8. The van der Waals surface area contributed by atoms with Crippen molar-refractivity contribution in [2.45, 2.75) is 207 Å². The Bertz CT molecular complexity index is 643. The molecular weight excluding hydrogens is 472 g/mol. The second-order valence-corrected chi connectivity index (χ2v) is 13.3. The Balaban J connectivity index is 2.59. The first-order valence-corrected chi connectivity index (χ1v) is 17.8. The second-order valence-electron chi connectivity index (χ2n) is 13.3. The van der Waals surface area contributed by atoms with Crippen LogP contribution in [0, 0.1) is 0 Å². The zero-order valence-electron chi connectivity index (χ0n) is 27.4. The summed E-state index contributed by atoms with van der Waals surface area (Å²) in [5.74, 6) is 0.370. The molecule has 1 nitrogen and oxygen atoms in total. The molecule has 0 saturated carbocycles. The first-order chi connectivity index (χ1) is 19.0. The summed E-state index contributed by atoms with van der Waals surface area (Å²) in [6, 6.07) is 4.62. The lowest BCUT2D eigenvalue weighted by molar-refractivity contribution is 0.342. The normalized spacial score (nSPS) is 11.9. The minimum Gasteiger partial charge on any atom is -0.289 e. The highest BCUT2D eigenvalue weighted by Gasteiger charge is 2.23. The van der Waals surface area contributed by atoms with E-state index in [1.807, 2.05) is 0 Å². The van der Waals surface area contributed by atoms with Crippen LogP contribution in [-0.4, -0.2) is 0 Å². The summed E-state index contributed by atoms with van der Waals surface area (Å²) in [6.07, 6.45) is 34.0. The maximum Gasteiger partial charge on any atom is 0.185 e. The average Bonchev–Trinajstić information content (AvgIpc) is 2.92. The van der Waals surface area contributed by atoms with Crippen molar-refractivity contribution in [2.24, 2.45) is 0 Å². The van der Waals surface area contributed by atoms with Gasteiger partial charge in [0.05, 0.1) is 0 Å². The van der Waals surface area contributed by atoms with Crippen LogP contribution < -0.4 is 0 Å². The van der Waals surface area contributed by atoms with E-state index in [9.17, 15) is 5.11 Å². The van der Waals surface area contributed by atoms with E-state index in [1.54, 1.807) is 0 Å². The van der Waals surface area contributed by atoms with Crippen molar-refractivity contribution >= 4 is 0 Å². The molecule has 0 atom stereocenters. The summed E-state index contributed by atoms with van der Waals surface area (Å²) >= 11 is 0. The zero-order chi connectivity index (χ0) is 28.6. The molecule has 1 radical (unpaired) electrons. The molecule has 0 saturated heterocycles. The maximum atomic E-state index is 13.5. The Hall–Kier alpha value is -0.980. The molecule has 39 heavy (non-hydrogen) atoms. The molecule has 0 spiro atoms. The van der Waals surface area contributed by atoms with E-state index in [-0.39, 0.29) is 5.41 Å². The van der Waals surface area contributed by atoms with Crippen LogP contribution in [0.2, 0.25) is 0 Å². The summed E-state index contributed by atoms with van der Waals surface area (Å²) in [5.41, 5.74) is 3.79. The summed E-state index contributed by atoms with van der Waals surface area (Å²) in [5, 5.41) is 13.5. The third-order valence-electron chi connectivity index (χ3n) is 9.03. The molecule has 1 aromatic rings. The van der Waals surface area contributed by atoms with Gasteiger partial charge >= 0.3 is 0 Å². The lowest BCUT2D eigenvalue weighted by atomic mass is 9.78. The topological polar surface area (TPSA) is 19.9 Å². The van der Waals surface area contributed by atoms with Crippen LogP contribution in [0.25, 0.3) is 0 Å². The van der Waals surface area contributed by atoms with Gasteiger partial charge in [-0.25, -0.2) is 0 Å². The first kappa shape index (κ1) is 36.0. The third kappa shape index (κ3) is 17.4. The molecular formula is C38H69O. The van der Waals surface area contributed by atoms with E-state index in [0.29, 0.717) is 5.75 Å². The molecule has 1 heteroatoms. The summed E-state index contributed by atoms with van der Waals surface area (Å²) in [4.78, 5) is 0. The average molecular weight is 542 g/mol. The van der Waals surface area contributed by atoms with Crippen molar-refractivity contribution in [3.63, 3.8) is 0 Å². The van der Waals surface area contributed by atoms with Gasteiger partial charge in [-0.3, -0.25) is 5.11 Å². The number of hydrogen-bond donors (Lipinski definition) is 0. The van der Waals surface area contributed by atoms with Crippen LogP contribution in [0.4, 0.5) is 0 Å². The minimum atomic E-state index is 0.155. The number of hydrogen-bond acceptors (Lipinski definition) is 0. The fourth-order valence-corrected chi connectivity index (χ4v) is 6.08. The predicted molar refractivity (Wildman–Crippen MR) is 175 cm³/mol. The number of rotatable bonds is 27. The lowest BCUT2D eigenvalue weighted by Crippen LogP contribution is -2.18. The van der Waals surface area contributed by atoms with E-state index in [2.05, 4.69) is 46.8 Å². The van der Waals surface area contributed by atoms with Gasteiger partial charge in [-0.1, -0.05) is 182 Å². The monoisotopic (exact) mass is 542 g/mol. The number of aryl methyl sites for hydroxylation is 2. The molecule has 0 aliphatic carbocycles. The highest BCUT2D eigenvalue weighted by Crippen LogP contribution is 2.36. The van der Waals surface area contributed by atoms with Crippen LogP contribution in [0.15, 0.2) is 12.1 Å². The van der Waals surface area contributed by atoms with Gasteiger partial charge in [0.15, 0.2) is 5.75 Å². The summed E-state index contributed by atoms with van der Waals surface area (Å²) in [7, 11) is 0. The van der Waals surface area contributed by atoms with Crippen LogP contribution in [-0.2, 0) is 23.4 Å². The van der Waals surface area contributed by atoms with E-state index in [4.69, 9.17) is 0 Å². The van der Waals surface area contributed by atoms with Crippen molar-refractivity contribution in [3.05, 3.63) is 28.8 Å². The van der Waals surface area contributed by atoms with E-state index >= 15 is 0 Å². The Morgan fingerprint density at radius 2 is 0.769 bits per heavy atom.